The van der Waals surface area contributed by atoms with Gasteiger partial charge in [0.05, 0.1) is 27.3 Å². The molecule has 2 atom stereocenters. The number of alkyl halides is 2. The first-order chi connectivity index (χ1) is 14.2. The fourth-order valence-corrected chi connectivity index (χ4v) is 4.19. The zero-order valence-electron chi connectivity index (χ0n) is 15.7. The number of primary amides is 1. The first kappa shape index (κ1) is 20.4. The second kappa shape index (κ2) is 7.73. The van der Waals surface area contributed by atoms with E-state index in [1.54, 1.807) is 23.7 Å². The van der Waals surface area contributed by atoms with Gasteiger partial charge in [-0.25, -0.2) is 23.1 Å². The smallest absolute Gasteiger partial charge is 0.264 e. The highest BCUT2D eigenvalue weighted by molar-refractivity contribution is 7.16. The van der Waals surface area contributed by atoms with E-state index in [-0.39, 0.29) is 30.0 Å². The molecule has 30 heavy (non-hydrogen) atoms. The van der Waals surface area contributed by atoms with Gasteiger partial charge in [0.15, 0.2) is 11.6 Å². The van der Waals surface area contributed by atoms with Gasteiger partial charge < -0.3 is 22.1 Å². The number of amides is 1. The Labute approximate surface area is 173 Å². The Bertz CT molecular complexity index is 1110. The van der Waals surface area contributed by atoms with Crippen molar-refractivity contribution >= 4 is 44.8 Å². The molecule has 0 radical (unpaired) electrons. The molecule has 1 fully saturated rings. The van der Waals surface area contributed by atoms with E-state index in [9.17, 15) is 18.0 Å². The summed E-state index contributed by atoms with van der Waals surface area (Å²) < 4.78 is 43.3. The van der Waals surface area contributed by atoms with E-state index in [2.05, 4.69) is 20.6 Å². The van der Waals surface area contributed by atoms with Crippen LogP contribution in [0.3, 0.4) is 0 Å². The monoisotopic (exact) mass is 436 g/mol. The molecule has 11 heteroatoms. The molecule has 0 spiro atoms. The molecule has 158 valence electrons. The lowest BCUT2D eigenvalue weighted by molar-refractivity contribution is -0.0555. The molecule has 4 rings (SSSR count). The van der Waals surface area contributed by atoms with Crippen molar-refractivity contribution in [2.24, 2.45) is 11.5 Å². The largest absolute Gasteiger partial charge is 0.365 e. The van der Waals surface area contributed by atoms with Crippen molar-refractivity contribution in [3.63, 3.8) is 0 Å². The maximum Gasteiger partial charge on any atom is 0.264 e. The van der Waals surface area contributed by atoms with Crippen LogP contribution in [0.4, 0.5) is 30.5 Å². The Morgan fingerprint density at radius 1 is 1.27 bits per heavy atom. The molecule has 3 aromatic rings. The Morgan fingerprint density at radius 2 is 2.07 bits per heavy atom. The van der Waals surface area contributed by atoms with Crippen molar-refractivity contribution in [3.8, 4) is 0 Å². The van der Waals surface area contributed by atoms with Gasteiger partial charge in [-0.1, -0.05) is 0 Å². The van der Waals surface area contributed by atoms with Gasteiger partial charge in [0, 0.05) is 18.2 Å². The molecule has 2 unspecified atom stereocenters. The number of hydrogen-bond donors (Lipinski definition) is 4. The zero-order chi connectivity index (χ0) is 21.5. The molecule has 2 aromatic heterocycles. The highest BCUT2D eigenvalue weighted by Gasteiger charge is 2.45. The van der Waals surface area contributed by atoms with Gasteiger partial charge in [0.2, 0.25) is 0 Å². The third-order valence-electron chi connectivity index (χ3n) is 5.10. The lowest BCUT2D eigenvalue weighted by Gasteiger charge is -2.36. The molecule has 1 saturated carbocycles. The van der Waals surface area contributed by atoms with Crippen LogP contribution in [-0.2, 0) is 0 Å². The number of nitrogens with one attached hydrogen (secondary N) is 2. The maximum absolute atomic E-state index is 14.6. The predicted octanol–water partition coefficient (Wildman–Crippen LogP) is 3.60. The standard InChI is InChI=1S/C19H19F3N6OS/c20-11-7-10(16(24)29)17(26-9-3-4-12-14(6-9)30-8-25-12)28-18(11)27-13-2-1-5-19(21,22)15(13)23/h3-4,6-8,13,15H,1-2,5,23H2,(H2,24,29)(H2,26,27,28). The van der Waals surface area contributed by atoms with Gasteiger partial charge in [-0.2, -0.15) is 0 Å². The summed E-state index contributed by atoms with van der Waals surface area (Å²) in [7, 11) is 0. The van der Waals surface area contributed by atoms with E-state index < -0.39 is 29.7 Å². The van der Waals surface area contributed by atoms with Gasteiger partial charge in [-0.3, -0.25) is 4.79 Å². The third kappa shape index (κ3) is 3.90. The molecule has 1 aliphatic rings. The van der Waals surface area contributed by atoms with Crippen LogP contribution in [0.15, 0.2) is 29.8 Å². The number of pyridine rings is 1. The number of carbonyl (C=O) groups excluding carboxylic acids is 1. The zero-order valence-corrected chi connectivity index (χ0v) is 16.5. The van der Waals surface area contributed by atoms with Gasteiger partial charge in [0.1, 0.15) is 5.82 Å². The number of rotatable bonds is 5. The summed E-state index contributed by atoms with van der Waals surface area (Å²) in [5.74, 6) is -5.08. The van der Waals surface area contributed by atoms with Crippen molar-refractivity contribution in [3.05, 3.63) is 41.2 Å². The number of hydrogen-bond acceptors (Lipinski definition) is 7. The quantitative estimate of drug-likeness (QED) is 0.485. The highest BCUT2D eigenvalue weighted by Crippen LogP contribution is 2.34. The number of carbonyl (C=O) groups is 1. The van der Waals surface area contributed by atoms with E-state index in [0.29, 0.717) is 12.1 Å². The van der Waals surface area contributed by atoms with Crippen LogP contribution in [0, 0.1) is 5.82 Å². The SMILES string of the molecule is NC(=O)c1cc(F)c(NC2CCCC(F)(F)C2N)nc1Nc1ccc2ncsc2c1. The number of benzene rings is 1. The van der Waals surface area contributed by atoms with Gasteiger partial charge in [-0.05, 0) is 37.1 Å². The second-order valence-electron chi connectivity index (χ2n) is 7.17. The molecule has 7 nitrogen and oxygen atoms in total. The van der Waals surface area contributed by atoms with E-state index >= 15 is 0 Å². The number of fused-ring (bicyclic) bond motifs is 1. The summed E-state index contributed by atoms with van der Waals surface area (Å²) in [5.41, 5.74) is 14.0. The number of anilines is 3. The van der Waals surface area contributed by atoms with Crippen LogP contribution in [0.25, 0.3) is 10.2 Å². The number of aromatic nitrogens is 2. The van der Waals surface area contributed by atoms with Crippen molar-refractivity contribution in [1.29, 1.82) is 0 Å². The molecular weight excluding hydrogens is 417 g/mol. The summed E-state index contributed by atoms with van der Waals surface area (Å²) in [6.45, 7) is 0. The van der Waals surface area contributed by atoms with Crippen molar-refractivity contribution in [1.82, 2.24) is 9.97 Å². The molecule has 1 aromatic carbocycles. The summed E-state index contributed by atoms with van der Waals surface area (Å²) in [6.07, 6.45) is 0.287. The Kier molecular flexibility index (Phi) is 5.24. The summed E-state index contributed by atoms with van der Waals surface area (Å²) in [6, 6.07) is 3.89. The molecule has 2 heterocycles. The lowest BCUT2D eigenvalue weighted by atomic mass is 9.87. The molecular formula is C19H19F3N6OS. The topological polar surface area (TPSA) is 119 Å². The van der Waals surface area contributed by atoms with Crippen LogP contribution < -0.4 is 22.1 Å². The minimum atomic E-state index is -3.05. The predicted molar refractivity (Wildman–Crippen MR) is 110 cm³/mol. The van der Waals surface area contributed by atoms with Crippen LogP contribution in [0.2, 0.25) is 0 Å². The number of thiazole rings is 1. The Balaban J connectivity index is 1.66. The summed E-state index contributed by atoms with van der Waals surface area (Å²) >= 11 is 1.43. The Morgan fingerprint density at radius 3 is 2.83 bits per heavy atom. The van der Waals surface area contributed by atoms with Gasteiger partial charge >= 0.3 is 0 Å². The minimum Gasteiger partial charge on any atom is -0.365 e. The molecule has 0 saturated heterocycles. The van der Waals surface area contributed by atoms with E-state index in [1.807, 2.05) is 0 Å². The Hall–Kier alpha value is -2.92. The fourth-order valence-electron chi connectivity index (χ4n) is 3.48. The summed E-state index contributed by atoms with van der Waals surface area (Å²) in [5, 5.41) is 5.63. The average molecular weight is 436 g/mol. The molecule has 6 N–H and O–H groups in total. The van der Waals surface area contributed by atoms with Crippen LogP contribution in [0.5, 0.6) is 0 Å². The van der Waals surface area contributed by atoms with Gasteiger partial charge in [-0.15, -0.1) is 11.3 Å². The van der Waals surface area contributed by atoms with Crippen molar-refractivity contribution in [2.45, 2.75) is 37.3 Å². The molecule has 1 amide bonds. The van der Waals surface area contributed by atoms with Crippen molar-refractivity contribution < 1.29 is 18.0 Å². The molecule has 1 aliphatic carbocycles. The highest BCUT2D eigenvalue weighted by atomic mass is 32.1. The first-order valence-electron chi connectivity index (χ1n) is 9.25. The number of nitrogens with two attached hydrogens (primary N) is 2. The molecule has 0 bridgehead atoms. The van der Waals surface area contributed by atoms with E-state index in [4.69, 9.17) is 11.5 Å². The van der Waals surface area contributed by atoms with Gasteiger partial charge in [0.25, 0.3) is 11.8 Å². The lowest BCUT2D eigenvalue weighted by Crippen LogP contribution is -2.55. The normalized spacial score (nSPS) is 20.8. The third-order valence-corrected chi connectivity index (χ3v) is 5.90. The van der Waals surface area contributed by atoms with E-state index in [0.717, 1.165) is 16.3 Å². The average Bonchev–Trinajstić information content (AvgIpc) is 3.15. The van der Waals surface area contributed by atoms with Crippen LogP contribution >= 0.6 is 11.3 Å². The van der Waals surface area contributed by atoms with Crippen LogP contribution in [0.1, 0.15) is 29.6 Å². The second-order valence-corrected chi connectivity index (χ2v) is 8.06. The van der Waals surface area contributed by atoms with Crippen LogP contribution in [-0.4, -0.2) is 33.9 Å². The van der Waals surface area contributed by atoms with Crippen molar-refractivity contribution in [2.75, 3.05) is 10.6 Å². The summed E-state index contributed by atoms with van der Waals surface area (Å²) in [4.78, 5) is 20.1. The molecule has 0 aliphatic heterocycles. The number of nitrogens with zero attached hydrogens (tertiary/aromatic N) is 2. The maximum atomic E-state index is 14.6. The van der Waals surface area contributed by atoms with E-state index in [1.165, 1.54) is 11.3 Å². The first-order valence-corrected chi connectivity index (χ1v) is 10.1. The fraction of sp³-hybridized carbons (Fsp3) is 0.316. The number of halogens is 3. The minimum absolute atomic E-state index is 0.00593.